The molecule has 0 radical (unpaired) electrons. The van der Waals surface area contributed by atoms with Gasteiger partial charge in [-0.15, -0.1) is 0 Å². The normalized spacial score (nSPS) is 18.4. The summed E-state index contributed by atoms with van der Waals surface area (Å²) in [6.45, 7) is 10.3. The molecule has 1 aliphatic carbocycles. The molecule has 3 heterocycles. The fraction of sp³-hybridized carbons (Fsp3) is 0.488. The summed E-state index contributed by atoms with van der Waals surface area (Å²) < 4.78 is 6.13. The third-order valence-electron chi connectivity index (χ3n) is 11.7. The monoisotopic (exact) mass is 716 g/mol. The summed E-state index contributed by atoms with van der Waals surface area (Å²) in [5.74, 6) is 1.78. The van der Waals surface area contributed by atoms with Gasteiger partial charge in [0.15, 0.2) is 0 Å². The smallest absolute Gasteiger partial charge is 0.254 e. The molecule has 2 saturated heterocycles. The van der Waals surface area contributed by atoms with Crippen molar-refractivity contribution >= 4 is 29.6 Å². The van der Waals surface area contributed by atoms with Gasteiger partial charge in [-0.25, -0.2) is 0 Å². The third-order valence-corrected chi connectivity index (χ3v) is 11.7. The molecule has 1 saturated carbocycles. The van der Waals surface area contributed by atoms with Crippen molar-refractivity contribution in [3.63, 3.8) is 0 Å². The van der Waals surface area contributed by atoms with Crippen LogP contribution in [-0.2, 0) is 16.1 Å². The van der Waals surface area contributed by atoms with Crippen molar-refractivity contribution < 1.29 is 19.1 Å². The Morgan fingerprint density at radius 2 is 1.62 bits per heavy atom. The first-order valence-corrected chi connectivity index (χ1v) is 19.6. The summed E-state index contributed by atoms with van der Waals surface area (Å²) in [5, 5.41) is 11.7. The number of fused-ring (bicyclic) bond motifs is 1. The van der Waals surface area contributed by atoms with Crippen LogP contribution in [0, 0.1) is 11.3 Å². The number of carbonyl (C=O) groups is 3. The Bertz CT molecular complexity index is 1800. The van der Waals surface area contributed by atoms with Gasteiger partial charge in [-0.2, -0.15) is 5.26 Å². The zero-order valence-electron chi connectivity index (χ0n) is 31.0. The number of piperidine rings is 1. The molecule has 0 spiro atoms. The molecular formula is C43H52N6O4. The zero-order chi connectivity index (χ0) is 36.7. The average molecular weight is 717 g/mol. The van der Waals surface area contributed by atoms with E-state index in [-0.39, 0.29) is 24.3 Å². The van der Waals surface area contributed by atoms with E-state index < -0.39 is 0 Å². The summed E-state index contributed by atoms with van der Waals surface area (Å²) in [5.41, 5.74) is 7.70. The van der Waals surface area contributed by atoms with Gasteiger partial charge in [-0.3, -0.25) is 24.6 Å². The van der Waals surface area contributed by atoms with Crippen LogP contribution in [0.4, 0.5) is 11.4 Å². The van der Waals surface area contributed by atoms with Gasteiger partial charge in [-0.05, 0) is 135 Å². The van der Waals surface area contributed by atoms with Gasteiger partial charge in [0.25, 0.3) is 5.91 Å². The number of benzene rings is 3. The number of nitriles is 1. The molecule has 10 nitrogen and oxygen atoms in total. The predicted molar refractivity (Wildman–Crippen MR) is 206 cm³/mol. The lowest BCUT2D eigenvalue weighted by Crippen LogP contribution is -2.46. The van der Waals surface area contributed by atoms with Crippen molar-refractivity contribution in [3.05, 3.63) is 88.5 Å². The first-order chi connectivity index (χ1) is 25.9. The highest BCUT2D eigenvalue weighted by Gasteiger charge is 2.32. The van der Waals surface area contributed by atoms with Gasteiger partial charge in [0.05, 0.1) is 18.2 Å². The van der Waals surface area contributed by atoms with E-state index in [4.69, 9.17) is 4.74 Å². The van der Waals surface area contributed by atoms with E-state index in [2.05, 4.69) is 74.6 Å². The summed E-state index contributed by atoms with van der Waals surface area (Å²) >= 11 is 0. The molecule has 53 heavy (non-hydrogen) atoms. The first kappa shape index (κ1) is 36.5. The molecule has 278 valence electrons. The molecular weight excluding hydrogens is 665 g/mol. The predicted octanol–water partition coefficient (Wildman–Crippen LogP) is 6.20. The summed E-state index contributed by atoms with van der Waals surface area (Å²) in [7, 11) is 0. The van der Waals surface area contributed by atoms with Gasteiger partial charge in [0.1, 0.15) is 5.75 Å². The number of carbonyl (C=O) groups excluding carboxylic acids is 3. The van der Waals surface area contributed by atoms with E-state index in [1.165, 1.54) is 29.7 Å². The number of amides is 3. The van der Waals surface area contributed by atoms with E-state index in [1.807, 2.05) is 24.0 Å². The molecule has 0 bridgehead atoms. The molecule has 10 heteroatoms. The minimum absolute atomic E-state index is 0.0102. The summed E-state index contributed by atoms with van der Waals surface area (Å²) in [4.78, 5) is 44.5. The number of anilines is 2. The van der Waals surface area contributed by atoms with Crippen LogP contribution in [0.1, 0.15) is 103 Å². The largest absolute Gasteiger partial charge is 0.494 e. The minimum atomic E-state index is -0.320. The van der Waals surface area contributed by atoms with Crippen LogP contribution in [0.15, 0.2) is 60.7 Å². The van der Waals surface area contributed by atoms with Gasteiger partial charge >= 0.3 is 0 Å². The summed E-state index contributed by atoms with van der Waals surface area (Å²) in [6.07, 6.45) is 7.93. The molecule has 3 aliphatic heterocycles. The van der Waals surface area contributed by atoms with E-state index in [0.29, 0.717) is 31.2 Å². The Morgan fingerprint density at radius 3 is 2.34 bits per heavy atom. The van der Waals surface area contributed by atoms with E-state index >= 15 is 0 Å². The van der Waals surface area contributed by atoms with Crippen molar-refractivity contribution in [1.29, 1.82) is 5.26 Å². The maximum absolute atomic E-state index is 13.1. The second kappa shape index (κ2) is 16.9. The number of ether oxygens (including phenoxy) is 1. The van der Waals surface area contributed by atoms with Gasteiger partial charge in [0.2, 0.25) is 12.3 Å². The maximum Gasteiger partial charge on any atom is 0.254 e. The number of hydrogen-bond donors (Lipinski definition) is 1. The fourth-order valence-electron chi connectivity index (χ4n) is 8.26. The van der Waals surface area contributed by atoms with Crippen LogP contribution in [-0.4, -0.2) is 86.5 Å². The molecule has 0 aromatic heterocycles. The van der Waals surface area contributed by atoms with Crippen molar-refractivity contribution in [2.24, 2.45) is 0 Å². The van der Waals surface area contributed by atoms with Crippen LogP contribution in [0.2, 0.25) is 0 Å². The van der Waals surface area contributed by atoms with Crippen molar-refractivity contribution in [2.45, 2.75) is 82.7 Å². The van der Waals surface area contributed by atoms with E-state index in [1.54, 1.807) is 0 Å². The van der Waals surface area contributed by atoms with Crippen LogP contribution >= 0.6 is 0 Å². The maximum atomic E-state index is 13.1. The number of unbranched alkanes of at least 4 members (excludes halogenated alkanes) is 1. The lowest BCUT2D eigenvalue weighted by atomic mass is 9.89. The van der Waals surface area contributed by atoms with E-state index in [0.717, 1.165) is 106 Å². The van der Waals surface area contributed by atoms with Crippen molar-refractivity contribution in [3.8, 4) is 11.8 Å². The topological polar surface area (TPSA) is 109 Å². The third kappa shape index (κ3) is 8.85. The number of nitrogens with zero attached hydrogens (tertiary/aromatic N) is 5. The van der Waals surface area contributed by atoms with Crippen molar-refractivity contribution in [2.75, 3.05) is 62.2 Å². The fourth-order valence-corrected chi connectivity index (χ4v) is 8.26. The highest BCUT2D eigenvalue weighted by atomic mass is 16.5. The molecule has 3 amide bonds. The molecule has 7 rings (SSSR count). The highest BCUT2D eigenvalue weighted by Crippen LogP contribution is 2.43. The Morgan fingerprint density at radius 1 is 0.906 bits per heavy atom. The lowest BCUT2D eigenvalue weighted by Gasteiger charge is -2.36. The number of imide groups is 1. The van der Waals surface area contributed by atoms with Crippen LogP contribution < -0.4 is 19.9 Å². The standard InChI is InChI=1S/C43H52N6O4/c1-31(4-15-42(51)45-30-50)49-29-36-26-37(11-14-40(36)43(49)52)48-23-21-46(22-24-48)18-2-3-25-53-39-12-8-32(9-13-39)33-16-19-47(20-17-33)38-10-7-35(28-44)41(27-38)34-5-6-34/h7-14,26-27,30-31,33-34H,2-6,15-25,29H2,1H3,(H,45,50,51). The van der Waals surface area contributed by atoms with Crippen LogP contribution in [0.5, 0.6) is 5.75 Å². The second-order valence-electron chi connectivity index (χ2n) is 15.2. The first-order valence-electron chi connectivity index (χ1n) is 19.6. The van der Waals surface area contributed by atoms with Crippen LogP contribution in [0.25, 0.3) is 0 Å². The molecule has 3 aromatic rings. The minimum Gasteiger partial charge on any atom is -0.494 e. The molecule has 3 aromatic carbocycles. The second-order valence-corrected chi connectivity index (χ2v) is 15.2. The number of hydrogen-bond acceptors (Lipinski definition) is 8. The quantitative estimate of drug-likeness (QED) is 0.146. The highest BCUT2D eigenvalue weighted by molar-refractivity contribution is 5.99. The molecule has 3 fully saturated rings. The Balaban J connectivity index is 0.783. The van der Waals surface area contributed by atoms with Crippen molar-refractivity contribution in [1.82, 2.24) is 15.1 Å². The Labute approximate surface area is 313 Å². The summed E-state index contributed by atoms with van der Waals surface area (Å²) in [6, 6.07) is 23.6. The molecule has 1 unspecified atom stereocenters. The number of rotatable bonds is 15. The van der Waals surface area contributed by atoms with Gasteiger partial charge in [-0.1, -0.05) is 12.1 Å². The molecule has 1 N–H and O–H groups in total. The lowest BCUT2D eigenvalue weighted by molar-refractivity contribution is -0.125. The van der Waals surface area contributed by atoms with Gasteiger partial charge in [0, 0.05) is 75.2 Å². The SMILES string of the molecule is CC(CCC(=O)NC=O)N1Cc2cc(N3CCN(CCCCOc4ccc(C5CCN(c6ccc(C#N)c(C7CC7)c6)CC5)cc4)CC3)ccc2C1=O. The average Bonchev–Trinajstić information content (AvgIpc) is 4.00. The van der Waals surface area contributed by atoms with E-state index in [9.17, 15) is 19.6 Å². The molecule has 4 aliphatic rings. The van der Waals surface area contributed by atoms with Crippen LogP contribution in [0.3, 0.4) is 0 Å². The van der Waals surface area contributed by atoms with Gasteiger partial charge < -0.3 is 19.4 Å². The zero-order valence-corrected chi connectivity index (χ0v) is 31.0. The Hall–Kier alpha value is -4.88. The Kier molecular flexibility index (Phi) is 11.6. The number of nitrogens with one attached hydrogen (secondary N) is 1. The molecule has 1 atom stereocenters. The number of piperazine rings is 1.